The van der Waals surface area contributed by atoms with Crippen LogP contribution in [-0.4, -0.2) is 34.5 Å². The topological polar surface area (TPSA) is 51.3 Å². The van der Waals surface area contributed by atoms with Gasteiger partial charge in [0, 0.05) is 31.9 Å². The van der Waals surface area contributed by atoms with E-state index in [9.17, 15) is 4.79 Å². The maximum atomic E-state index is 12.3. The Bertz CT molecular complexity index is 389. The highest BCUT2D eigenvalue weighted by atomic mass is 16.2. The van der Waals surface area contributed by atoms with Gasteiger partial charge < -0.3 is 15.2 Å². The van der Waals surface area contributed by atoms with Gasteiger partial charge in [-0.2, -0.15) is 0 Å². The van der Waals surface area contributed by atoms with Gasteiger partial charge in [0.1, 0.15) is 5.69 Å². The molecule has 0 spiro atoms. The second-order valence-corrected chi connectivity index (χ2v) is 4.94. The number of amides is 1. The monoisotopic (exact) mass is 235 g/mol. The van der Waals surface area contributed by atoms with Crippen LogP contribution in [0.5, 0.6) is 0 Å². The lowest BCUT2D eigenvalue weighted by molar-refractivity contribution is 0.0776. The van der Waals surface area contributed by atoms with Crippen molar-refractivity contribution in [2.24, 2.45) is 11.7 Å². The largest absolute Gasteiger partial charge is 0.344 e. The van der Waals surface area contributed by atoms with E-state index < -0.39 is 0 Å². The fourth-order valence-electron chi connectivity index (χ4n) is 2.36. The fraction of sp³-hybridized carbons (Fsp3) is 0.615. The molecule has 0 saturated carbocycles. The van der Waals surface area contributed by atoms with E-state index >= 15 is 0 Å². The van der Waals surface area contributed by atoms with Crippen LogP contribution >= 0.6 is 0 Å². The quantitative estimate of drug-likeness (QED) is 0.859. The fourth-order valence-corrected chi connectivity index (χ4v) is 2.36. The Morgan fingerprint density at radius 2 is 2.29 bits per heavy atom. The summed E-state index contributed by atoms with van der Waals surface area (Å²) < 4.78 is 2.02. The van der Waals surface area contributed by atoms with Gasteiger partial charge in [-0.3, -0.25) is 4.79 Å². The zero-order valence-electron chi connectivity index (χ0n) is 10.6. The van der Waals surface area contributed by atoms with Gasteiger partial charge in [-0.25, -0.2) is 0 Å². The molecule has 1 aliphatic rings. The molecule has 2 rings (SSSR count). The van der Waals surface area contributed by atoms with E-state index in [0.29, 0.717) is 12.5 Å². The highest BCUT2D eigenvalue weighted by Crippen LogP contribution is 2.17. The van der Waals surface area contributed by atoms with Crippen LogP contribution < -0.4 is 5.73 Å². The van der Waals surface area contributed by atoms with Crippen molar-refractivity contribution in [3.63, 3.8) is 0 Å². The van der Waals surface area contributed by atoms with Crippen molar-refractivity contribution in [2.45, 2.75) is 32.9 Å². The Hall–Kier alpha value is -1.29. The Morgan fingerprint density at radius 3 is 2.88 bits per heavy atom. The molecule has 17 heavy (non-hydrogen) atoms. The van der Waals surface area contributed by atoms with Crippen LogP contribution in [0.15, 0.2) is 18.3 Å². The second-order valence-electron chi connectivity index (χ2n) is 4.94. The van der Waals surface area contributed by atoms with Crippen LogP contribution in [0.4, 0.5) is 0 Å². The molecule has 0 aliphatic carbocycles. The number of carbonyl (C=O) groups excluding carboxylic acids is 1. The number of aromatic nitrogens is 1. The summed E-state index contributed by atoms with van der Waals surface area (Å²) >= 11 is 0. The Kier molecular flexibility index (Phi) is 3.52. The number of carbonyl (C=O) groups is 1. The van der Waals surface area contributed by atoms with Crippen LogP contribution in [0.2, 0.25) is 0 Å². The number of likely N-dealkylation sites (tertiary alicyclic amines) is 1. The van der Waals surface area contributed by atoms with Gasteiger partial charge in [0.2, 0.25) is 0 Å². The Labute approximate surface area is 102 Å². The zero-order chi connectivity index (χ0) is 12.4. The standard InChI is InChI=1S/C13H21N3O/c1-3-6-15-7-4-5-12(15)13(17)16-8-10(2)11(14)9-16/h4-5,7,10-11H,3,6,8-9,14H2,1-2H3. The van der Waals surface area contributed by atoms with E-state index in [1.807, 2.05) is 27.8 Å². The summed E-state index contributed by atoms with van der Waals surface area (Å²) in [6.07, 6.45) is 3.00. The van der Waals surface area contributed by atoms with E-state index in [4.69, 9.17) is 5.73 Å². The molecule has 2 heterocycles. The summed E-state index contributed by atoms with van der Waals surface area (Å²) in [6, 6.07) is 3.95. The highest BCUT2D eigenvalue weighted by molar-refractivity contribution is 5.93. The average Bonchev–Trinajstić information content (AvgIpc) is 2.87. The minimum absolute atomic E-state index is 0.114. The molecule has 1 fully saturated rings. The smallest absolute Gasteiger partial charge is 0.270 e. The van der Waals surface area contributed by atoms with Gasteiger partial charge in [0.25, 0.3) is 5.91 Å². The molecular weight excluding hydrogens is 214 g/mol. The van der Waals surface area contributed by atoms with Crippen molar-refractivity contribution in [1.29, 1.82) is 0 Å². The van der Waals surface area contributed by atoms with Crippen molar-refractivity contribution in [1.82, 2.24) is 9.47 Å². The Morgan fingerprint density at radius 1 is 1.53 bits per heavy atom. The van der Waals surface area contributed by atoms with Crippen LogP contribution in [-0.2, 0) is 6.54 Å². The van der Waals surface area contributed by atoms with Gasteiger partial charge in [0.05, 0.1) is 0 Å². The molecule has 2 unspecified atom stereocenters. The lowest BCUT2D eigenvalue weighted by Gasteiger charge is -2.17. The summed E-state index contributed by atoms with van der Waals surface area (Å²) in [5.74, 6) is 0.511. The predicted octanol–water partition coefficient (Wildman–Crippen LogP) is 1.32. The lowest BCUT2D eigenvalue weighted by Crippen LogP contribution is -2.33. The molecular formula is C13H21N3O. The summed E-state index contributed by atoms with van der Waals surface area (Å²) in [5, 5.41) is 0. The average molecular weight is 235 g/mol. The van der Waals surface area contributed by atoms with Crippen molar-refractivity contribution in [3.05, 3.63) is 24.0 Å². The number of nitrogens with zero attached hydrogens (tertiary/aromatic N) is 2. The molecule has 0 radical (unpaired) electrons. The van der Waals surface area contributed by atoms with Gasteiger partial charge >= 0.3 is 0 Å². The third kappa shape index (κ3) is 2.36. The number of aryl methyl sites for hydroxylation is 1. The maximum Gasteiger partial charge on any atom is 0.270 e. The summed E-state index contributed by atoms with van der Waals surface area (Å²) in [6.45, 7) is 6.56. The van der Waals surface area contributed by atoms with E-state index in [1.165, 1.54) is 0 Å². The van der Waals surface area contributed by atoms with Crippen molar-refractivity contribution in [2.75, 3.05) is 13.1 Å². The SMILES string of the molecule is CCCn1cccc1C(=O)N1CC(C)C(N)C1. The maximum absolute atomic E-state index is 12.3. The molecule has 94 valence electrons. The second kappa shape index (κ2) is 4.92. The Balaban J connectivity index is 2.12. The van der Waals surface area contributed by atoms with Crippen LogP contribution in [0, 0.1) is 5.92 Å². The van der Waals surface area contributed by atoms with Crippen LogP contribution in [0.1, 0.15) is 30.8 Å². The normalized spacial score (nSPS) is 24.3. The molecule has 1 aromatic rings. The van der Waals surface area contributed by atoms with Gasteiger partial charge in [0.15, 0.2) is 0 Å². The minimum Gasteiger partial charge on any atom is -0.344 e. The zero-order valence-corrected chi connectivity index (χ0v) is 10.6. The van der Waals surface area contributed by atoms with E-state index in [2.05, 4.69) is 13.8 Å². The molecule has 1 aromatic heterocycles. The first-order chi connectivity index (χ1) is 8.13. The van der Waals surface area contributed by atoms with E-state index in [-0.39, 0.29) is 11.9 Å². The summed E-state index contributed by atoms with van der Waals surface area (Å²) in [4.78, 5) is 14.2. The van der Waals surface area contributed by atoms with Crippen molar-refractivity contribution >= 4 is 5.91 Å². The third-order valence-corrected chi connectivity index (χ3v) is 3.47. The summed E-state index contributed by atoms with van der Waals surface area (Å²) in [5.41, 5.74) is 6.74. The molecule has 1 aliphatic heterocycles. The number of nitrogens with two attached hydrogens (primary N) is 1. The van der Waals surface area contributed by atoms with Gasteiger partial charge in [-0.15, -0.1) is 0 Å². The van der Waals surface area contributed by atoms with Crippen molar-refractivity contribution < 1.29 is 4.79 Å². The van der Waals surface area contributed by atoms with Gasteiger partial charge in [-0.05, 0) is 24.5 Å². The first-order valence-corrected chi connectivity index (χ1v) is 6.33. The third-order valence-electron chi connectivity index (χ3n) is 3.47. The molecule has 1 saturated heterocycles. The van der Waals surface area contributed by atoms with Gasteiger partial charge in [-0.1, -0.05) is 13.8 Å². The lowest BCUT2D eigenvalue weighted by atomic mass is 10.1. The molecule has 2 N–H and O–H groups in total. The number of hydrogen-bond acceptors (Lipinski definition) is 2. The van der Waals surface area contributed by atoms with Crippen molar-refractivity contribution in [3.8, 4) is 0 Å². The van der Waals surface area contributed by atoms with Crippen LogP contribution in [0.25, 0.3) is 0 Å². The number of rotatable bonds is 3. The first-order valence-electron chi connectivity index (χ1n) is 6.33. The molecule has 4 heteroatoms. The highest BCUT2D eigenvalue weighted by Gasteiger charge is 2.31. The summed E-state index contributed by atoms with van der Waals surface area (Å²) in [7, 11) is 0. The molecule has 0 aromatic carbocycles. The van der Waals surface area contributed by atoms with Crippen LogP contribution in [0.3, 0.4) is 0 Å². The van der Waals surface area contributed by atoms with E-state index in [1.54, 1.807) is 0 Å². The predicted molar refractivity (Wildman–Crippen MR) is 67.8 cm³/mol. The molecule has 0 bridgehead atoms. The van der Waals surface area contributed by atoms with E-state index in [0.717, 1.165) is 25.2 Å². The molecule has 4 nitrogen and oxygen atoms in total. The molecule has 2 atom stereocenters. The minimum atomic E-state index is 0.114. The number of hydrogen-bond donors (Lipinski definition) is 1. The first kappa shape index (κ1) is 12.2. The molecule has 1 amide bonds.